The molecular formula is C26H31N5O4S. The molecule has 0 aliphatic carbocycles. The summed E-state index contributed by atoms with van der Waals surface area (Å²) < 4.78 is 11.3. The topological polar surface area (TPSA) is 136 Å². The van der Waals surface area contributed by atoms with Crippen LogP contribution in [-0.2, 0) is 11.2 Å². The first-order chi connectivity index (χ1) is 17.3. The molecule has 0 aliphatic rings. The van der Waals surface area contributed by atoms with Crippen molar-refractivity contribution in [3.05, 3.63) is 84.1 Å². The molecule has 0 fully saturated rings. The number of rotatable bonds is 7. The minimum Gasteiger partial charge on any atom is -0.481 e. The lowest BCUT2D eigenvalue weighted by molar-refractivity contribution is -0.136. The molecular weight excluding hydrogens is 478 g/mol. The number of benzene rings is 2. The zero-order chi connectivity index (χ0) is 26.7. The van der Waals surface area contributed by atoms with Gasteiger partial charge in [0.2, 0.25) is 5.91 Å². The summed E-state index contributed by atoms with van der Waals surface area (Å²) in [6.45, 7) is 5.90. The number of nitrogens with two attached hydrogens (primary N) is 1. The van der Waals surface area contributed by atoms with E-state index in [4.69, 9.17) is 15.4 Å². The number of carboxylic acids is 1. The maximum atomic E-state index is 11.6. The Bertz CT molecular complexity index is 1270. The molecule has 0 atom stereocenters. The molecule has 2 aromatic heterocycles. The lowest BCUT2D eigenvalue weighted by Crippen LogP contribution is -2.12. The van der Waals surface area contributed by atoms with Crippen molar-refractivity contribution in [1.29, 1.82) is 0 Å². The van der Waals surface area contributed by atoms with Gasteiger partial charge in [-0.05, 0) is 79.0 Å². The van der Waals surface area contributed by atoms with Gasteiger partial charge in [-0.15, -0.1) is 10.2 Å². The Balaban J connectivity index is 0.000000850. The van der Waals surface area contributed by atoms with Crippen LogP contribution in [-0.4, -0.2) is 47.1 Å². The molecule has 10 heteroatoms. The zero-order valence-electron chi connectivity index (χ0n) is 20.8. The van der Waals surface area contributed by atoms with Crippen LogP contribution < -0.4 is 5.73 Å². The highest BCUT2D eigenvalue weighted by Gasteiger charge is 2.16. The lowest BCUT2D eigenvalue weighted by Gasteiger charge is -2.17. The van der Waals surface area contributed by atoms with Gasteiger partial charge in [-0.2, -0.15) is 0 Å². The third-order valence-electron chi connectivity index (χ3n) is 5.16. The quantitative estimate of drug-likeness (QED) is 0.298. The van der Waals surface area contributed by atoms with Gasteiger partial charge in [0.25, 0.3) is 0 Å². The van der Waals surface area contributed by atoms with Crippen molar-refractivity contribution in [1.82, 2.24) is 19.3 Å². The van der Waals surface area contributed by atoms with E-state index in [0.29, 0.717) is 12.0 Å². The highest BCUT2D eigenvalue weighted by atomic mass is 32.2. The smallest absolute Gasteiger partial charge is 0.303 e. The van der Waals surface area contributed by atoms with E-state index in [2.05, 4.69) is 10.2 Å². The van der Waals surface area contributed by atoms with Crippen LogP contribution in [0.3, 0.4) is 0 Å². The van der Waals surface area contributed by atoms with Gasteiger partial charge in [-0.1, -0.05) is 26.0 Å². The van der Waals surface area contributed by atoms with Crippen LogP contribution in [0.4, 0.5) is 0 Å². The number of aliphatic carboxylic acids is 1. The fraction of sp³-hybridized carbons (Fsp3) is 0.231. The average Bonchev–Trinajstić information content (AvgIpc) is 3.55. The van der Waals surface area contributed by atoms with E-state index >= 15 is 0 Å². The van der Waals surface area contributed by atoms with Crippen molar-refractivity contribution in [2.24, 2.45) is 5.73 Å². The molecule has 4 aromatic rings. The number of hydrogen-bond donors (Lipinski definition) is 3. The molecule has 0 bridgehead atoms. The second-order valence-corrected chi connectivity index (χ2v) is 7.77. The first kappa shape index (κ1) is 28.3. The molecule has 9 nitrogen and oxygen atoms in total. The Labute approximate surface area is 214 Å². The van der Waals surface area contributed by atoms with E-state index in [1.165, 1.54) is 0 Å². The monoisotopic (exact) mass is 509 g/mol. The van der Waals surface area contributed by atoms with Crippen molar-refractivity contribution >= 4 is 23.9 Å². The number of amides is 1. The summed E-state index contributed by atoms with van der Waals surface area (Å²) >= 11 is 0.750. The predicted octanol–water partition coefficient (Wildman–Crippen LogP) is 5.00. The Kier molecular flexibility index (Phi) is 10.9. The fourth-order valence-electron chi connectivity index (χ4n) is 3.62. The Morgan fingerprint density at radius 3 is 2.14 bits per heavy atom. The molecule has 4 rings (SSSR count). The molecule has 0 unspecified atom stereocenters. The highest BCUT2D eigenvalue weighted by molar-refractivity contribution is 7.93. The average molecular weight is 510 g/mol. The zero-order valence-corrected chi connectivity index (χ0v) is 21.6. The van der Waals surface area contributed by atoms with Crippen LogP contribution in [0.1, 0.15) is 41.9 Å². The van der Waals surface area contributed by atoms with Crippen molar-refractivity contribution < 1.29 is 19.2 Å². The van der Waals surface area contributed by atoms with Gasteiger partial charge in [0, 0.05) is 28.9 Å². The van der Waals surface area contributed by atoms with Crippen molar-refractivity contribution in [2.75, 3.05) is 6.26 Å². The summed E-state index contributed by atoms with van der Waals surface area (Å²) in [7, 11) is 0. The van der Waals surface area contributed by atoms with E-state index in [1.54, 1.807) is 31.0 Å². The van der Waals surface area contributed by atoms with Gasteiger partial charge in [0.05, 0.1) is 12.1 Å². The van der Waals surface area contributed by atoms with Gasteiger partial charge in [-0.25, -0.2) is 0 Å². The number of hydrogen-bond acceptors (Lipinski definition) is 6. The number of nitrogens with zero attached hydrogens (tertiary/aromatic N) is 4. The van der Waals surface area contributed by atoms with Crippen LogP contribution in [0.5, 0.6) is 0 Å². The molecule has 0 radical (unpaired) electrons. The maximum absolute atomic E-state index is 11.6. The van der Waals surface area contributed by atoms with Crippen LogP contribution in [0.15, 0.2) is 67.3 Å². The third-order valence-corrected chi connectivity index (χ3v) is 5.16. The molecule has 190 valence electrons. The highest BCUT2D eigenvalue weighted by Crippen LogP contribution is 2.30. The second-order valence-electron chi connectivity index (χ2n) is 7.40. The first-order valence-electron chi connectivity index (χ1n) is 11.3. The van der Waals surface area contributed by atoms with E-state index < -0.39 is 11.9 Å². The molecule has 0 aliphatic heterocycles. The molecule has 0 saturated heterocycles. The van der Waals surface area contributed by atoms with Crippen LogP contribution in [0.2, 0.25) is 0 Å². The molecule has 36 heavy (non-hydrogen) atoms. The van der Waals surface area contributed by atoms with Gasteiger partial charge >= 0.3 is 5.97 Å². The van der Waals surface area contributed by atoms with Crippen LogP contribution >= 0.6 is 12.0 Å². The van der Waals surface area contributed by atoms with E-state index in [-0.39, 0.29) is 6.42 Å². The minimum atomic E-state index is -0.853. The summed E-state index contributed by atoms with van der Waals surface area (Å²) in [6, 6.07) is 17.1. The van der Waals surface area contributed by atoms with E-state index in [1.807, 2.05) is 72.4 Å². The molecule has 1 amide bonds. The molecule has 0 spiro atoms. The number of aryl methyl sites for hydroxylation is 2. The molecule has 2 aromatic carbocycles. The van der Waals surface area contributed by atoms with E-state index in [9.17, 15) is 9.59 Å². The number of carbonyl (C=O) groups excluding carboxylic acids is 1. The maximum Gasteiger partial charge on any atom is 0.303 e. The van der Waals surface area contributed by atoms with Crippen molar-refractivity contribution in [2.45, 2.75) is 33.6 Å². The van der Waals surface area contributed by atoms with Crippen LogP contribution in [0.25, 0.3) is 22.6 Å². The van der Waals surface area contributed by atoms with Crippen molar-refractivity contribution in [3.8, 4) is 22.6 Å². The van der Waals surface area contributed by atoms with Gasteiger partial charge in [-0.3, -0.25) is 14.2 Å². The predicted molar refractivity (Wildman–Crippen MR) is 143 cm³/mol. The van der Waals surface area contributed by atoms with Gasteiger partial charge in [0.1, 0.15) is 12.7 Å². The summed E-state index contributed by atoms with van der Waals surface area (Å²) in [4.78, 5) is 22.7. The standard InChI is InChI=1S/C23H21N5O3.C2H6.CH4OS/c1-15-12-17(23(24)31)4-9-20(15)28-19(8-11-22(29)30)7-10-21(28)16-2-5-18(6-3-16)27-13-25-26-14-27;1-2;1-3-2/h2-7,9-10,12-14H,8,11H2,1H3,(H2,24,31)(H,29,30);1-2H3;2H,1H3. The minimum absolute atomic E-state index is 0.0223. The summed E-state index contributed by atoms with van der Waals surface area (Å²) in [6.07, 6.45) is 5.26. The third kappa shape index (κ3) is 7.06. The molecule has 2 heterocycles. The first-order valence-corrected chi connectivity index (χ1v) is 12.5. The van der Waals surface area contributed by atoms with Crippen molar-refractivity contribution in [3.63, 3.8) is 0 Å². The second kappa shape index (κ2) is 13.9. The molecule has 4 N–H and O–H groups in total. The largest absolute Gasteiger partial charge is 0.481 e. The van der Waals surface area contributed by atoms with Gasteiger partial charge in [0.15, 0.2) is 0 Å². The Hall–Kier alpha value is -3.89. The van der Waals surface area contributed by atoms with E-state index in [0.717, 1.165) is 45.9 Å². The normalized spacial score (nSPS) is 10.0. The Morgan fingerprint density at radius 1 is 1.00 bits per heavy atom. The number of primary amides is 1. The summed E-state index contributed by atoms with van der Waals surface area (Å²) in [5, 5.41) is 16.8. The fourth-order valence-corrected chi connectivity index (χ4v) is 3.62. The number of carbonyl (C=O) groups is 2. The lowest BCUT2D eigenvalue weighted by atomic mass is 10.1. The summed E-state index contributed by atoms with van der Waals surface area (Å²) in [5.41, 5.74) is 11.3. The summed E-state index contributed by atoms with van der Waals surface area (Å²) in [5.74, 6) is -1.34. The number of carboxylic acid groups (broad SMARTS) is 1. The van der Waals surface area contributed by atoms with Gasteiger partial charge < -0.3 is 20.0 Å². The SMILES string of the molecule is CC.CSO.Cc1cc(C(N)=O)ccc1-n1c(CCC(=O)O)ccc1-c1ccc(-n2cnnc2)cc1. The Morgan fingerprint density at radius 2 is 1.61 bits per heavy atom. The molecule has 0 saturated carbocycles. The van der Waals surface area contributed by atoms with Crippen LogP contribution in [0, 0.1) is 6.92 Å². The number of aromatic nitrogens is 4.